The molecule has 0 radical (unpaired) electrons. The number of methoxy groups -OCH3 is 1. The molecule has 170 valence electrons. The van der Waals surface area contributed by atoms with Crippen molar-refractivity contribution in [2.45, 2.75) is 50.3 Å². The van der Waals surface area contributed by atoms with Gasteiger partial charge in [-0.15, -0.1) is 0 Å². The van der Waals surface area contributed by atoms with Gasteiger partial charge in [0.2, 0.25) is 11.7 Å². The van der Waals surface area contributed by atoms with Crippen LogP contribution in [0.2, 0.25) is 0 Å². The largest absolute Gasteiger partial charge is 0.390 e. The zero-order chi connectivity index (χ0) is 21.7. The molecule has 4 N–H and O–H groups in total. The maximum Gasteiger partial charge on any atom is 0.240 e. The Kier molecular flexibility index (Phi) is 4.93. The molecule has 0 saturated heterocycles. The van der Waals surface area contributed by atoms with Crippen molar-refractivity contribution < 1.29 is 14.4 Å². The summed E-state index contributed by atoms with van der Waals surface area (Å²) in [6.45, 7) is 1.84. The van der Waals surface area contributed by atoms with Crippen LogP contribution < -0.4 is 10.6 Å². The Morgan fingerprint density at radius 1 is 1.28 bits per heavy atom. The van der Waals surface area contributed by atoms with Gasteiger partial charge in [-0.25, -0.2) is 4.98 Å². The van der Waals surface area contributed by atoms with Gasteiger partial charge >= 0.3 is 0 Å². The van der Waals surface area contributed by atoms with Crippen molar-refractivity contribution in [1.29, 1.82) is 0 Å². The smallest absolute Gasteiger partial charge is 0.240 e. The van der Waals surface area contributed by atoms with Gasteiger partial charge in [0.1, 0.15) is 5.65 Å². The van der Waals surface area contributed by atoms with Crippen LogP contribution >= 0.6 is 0 Å². The molecule has 4 aliphatic carbocycles. The summed E-state index contributed by atoms with van der Waals surface area (Å²) in [4.78, 5) is 12.4. The molecule has 0 spiro atoms. The Morgan fingerprint density at radius 2 is 2.12 bits per heavy atom. The molecule has 32 heavy (non-hydrogen) atoms. The van der Waals surface area contributed by atoms with E-state index < -0.39 is 5.60 Å². The quantitative estimate of drug-likeness (QED) is 0.396. The molecule has 3 aromatic heterocycles. The number of aromatic amines is 1. The Bertz CT molecular complexity index is 1090. The second kappa shape index (κ2) is 7.83. The maximum absolute atomic E-state index is 11.0. The van der Waals surface area contributed by atoms with Gasteiger partial charge in [-0.1, -0.05) is 5.16 Å². The predicted octanol–water partition coefficient (Wildman–Crippen LogP) is 2.70. The van der Waals surface area contributed by atoms with E-state index in [-0.39, 0.29) is 0 Å². The first kappa shape index (κ1) is 20.1. The first-order chi connectivity index (χ1) is 15.6. The molecule has 4 saturated carbocycles. The van der Waals surface area contributed by atoms with E-state index in [9.17, 15) is 5.11 Å². The van der Waals surface area contributed by atoms with Crippen LogP contribution in [0.5, 0.6) is 0 Å². The summed E-state index contributed by atoms with van der Waals surface area (Å²) in [5, 5.41) is 23.4. The van der Waals surface area contributed by atoms with Crippen LogP contribution in [0.3, 0.4) is 0 Å². The summed E-state index contributed by atoms with van der Waals surface area (Å²) in [7, 11) is 1.68. The van der Waals surface area contributed by atoms with Crippen LogP contribution in [0, 0.1) is 17.8 Å². The highest BCUT2D eigenvalue weighted by molar-refractivity contribution is 5.97. The highest BCUT2D eigenvalue weighted by atomic mass is 16.5. The van der Waals surface area contributed by atoms with Gasteiger partial charge in [0.25, 0.3) is 0 Å². The molecule has 3 aromatic rings. The Balaban J connectivity index is 1.30. The van der Waals surface area contributed by atoms with E-state index in [0.29, 0.717) is 48.7 Å². The standard InChI is InChI=1S/C23H30N6O3/c1-31-5-4-24-12-18-27-22(29-32-18)17-11-26-21-16(2-3-25-21)20(17)28-19-14-6-13-7-15(19)10-23(30,8-13)9-14/h2-3,11,13-15,19,24,30H,4-10,12H2,1H3,(H2,25,26,28)/t13?,14?,15?,19-,23+. The van der Waals surface area contributed by atoms with Crippen LogP contribution in [0.1, 0.15) is 38.0 Å². The van der Waals surface area contributed by atoms with E-state index in [1.54, 1.807) is 7.11 Å². The molecule has 0 aliphatic heterocycles. The lowest BCUT2D eigenvalue weighted by Crippen LogP contribution is -2.59. The summed E-state index contributed by atoms with van der Waals surface area (Å²) in [6.07, 6.45) is 8.91. The summed E-state index contributed by atoms with van der Waals surface area (Å²) in [5.41, 5.74) is 2.23. The van der Waals surface area contributed by atoms with Crippen LogP contribution in [0.15, 0.2) is 23.0 Å². The number of hydrogen-bond donors (Lipinski definition) is 4. The second-order valence-electron chi connectivity index (χ2n) is 9.83. The fraction of sp³-hybridized carbons (Fsp3) is 0.609. The molecular formula is C23H30N6O3. The van der Waals surface area contributed by atoms with Crippen LogP contribution in [-0.2, 0) is 11.3 Å². The Morgan fingerprint density at radius 3 is 2.91 bits per heavy atom. The third-order valence-electron chi connectivity index (χ3n) is 7.61. The second-order valence-corrected chi connectivity index (χ2v) is 9.83. The number of anilines is 1. The third kappa shape index (κ3) is 3.48. The number of fused-ring (bicyclic) bond motifs is 1. The molecule has 7 rings (SSSR count). The van der Waals surface area contributed by atoms with Crippen molar-refractivity contribution in [3.05, 3.63) is 24.4 Å². The van der Waals surface area contributed by atoms with Crippen molar-refractivity contribution >= 4 is 16.7 Å². The van der Waals surface area contributed by atoms with Crippen LogP contribution in [-0.4, -0.2) is 57.1 Å². The fourth-order valence-electron chi connectivity index (χ4n) is 6.52. The number of pyridine rings is 1. The Labute approximate surface area is 186 Å². The maximum atomic E-state index is 11.0. The van der Waals surface area contributed by atoms with Crippen molar-refractivity contribution in [2.75, 3.05) is 25.6 Å². The lowest BCUT2D eigenvalue weighted by molar-refractivity contribution is -0.129. The topological polar surface area (TPSA) is 121 Å². The molecule has 2 atom stereocenters. The summed E-state index contributed by atoms with van der Waals surface area (Å²) in [6, 6.07) is 2.39. The summed E-state index contributed by atoms with van der Waals surface area (Å²) in [5.74, 6) is 2.73. The average molecular weight is 439 g/mol. The molecule has 4 bridgehead atoms. The van der Waals surface area contributed by atoms with E-state index >= 15 is 0 Å². The first-order valence-corrected chi connectivity index (χ1v) is 11.6. The lowest BCUT2D eigenvalue weighted by Gasteiger charge is -2.58. The van der Waals surface area contributed by atoms with Crippen LogP contribution in [0.4, 0.5) is 5.69 Å². The number of aliphatic hydroxyl groups is 1. The molecule has 3 heterocycles. The predicted molar refractivity (Wildman–Crippen MR) is 119 cm³/mol. The summed E-state index contributed by atoms with van der Waals surface area (Å²) >= 11 is 0. The number of ether oxygens (including phenoxy) is 1. The molecular weight excluding hydrogens is 408 g/mol. The molecule has 4 fully saturated rings. The van der Waals surface area contributed by atoms with E-state index in [4.69, 9.17) is 9.26 Å². The van der Waals surface area contributed by atoms with Crippen molar-refractivity contribution in [3.63, 3.8) is 0 Å². The zero-order valence-corrected chi connectivity index (χ0v) is 18.3. The van der Waals surface area contributed by atoms with Crippen molar-refractivity contribution in [1.82, 2.24) is 25.4 Å². The number of nitrogens with one attached hydrogen (secondary N) is 3. The van der Waals surface area contributed by atoms with Gasteiger partial charge in [0.15, 0.2) is 0 Å². The molecule has 9 heteroatoms. The number of hydrogen-bond acceptors (Lipinski definition) is 8. The van der Waals surface area contributed by atoms with E-state index in [2.05, 4.69) is 30.7 Å². The van der Waals surface area contributed by atoms with Gasteiger partial charge in [-0.3, -0.25) is 0 Å². The first-order valence-electron chi connectivity index (χ1n) is 11.6. The number of nitrogens with zero attached hydrogens (tertiary/aromatic N) is 3. The molecule has 0 aromatic carbocycles. The monoisotopic (exact) mass is 438 g/mol. The highest BCUT2D eigenvalue weighted by Gasteiger charge is 2.54. The third-order valence-corrected chi connectivity index (χ3v) is 7.61. The summed E-state index contributed by atoms with van der Waals surface area (Å²) < 4.78 is 10.5. The number of H-pyrrole nitrogens is 1. The molecule has 4 aliphatic rings. The van der Waals surface area contributed by atoms with E-state index in [1.165, 1.54) is 12.8 Å². The number of rotatable bonds is 8. The van der Waals surface area contributed by atoms with Gasteiger partial charge in [0.05, 0.1) is 30.0 Å². The van der Waals surface area contributed by atoms with E-state index in [1.807, 2.05) is 18.5 Å². The van der Waals surface area contributed by atoms with Crippen molar-refractivity contribution in [2.24, 2.45) is 17.8 Å². The van der Waals surface area contributed by atoms with E-state index in [0.717, 1.165) is 48.1 Å². The Hall–Kier alpha value is -2.49. The van der Waals surface area contributed by atoms with Crippen LogP contribution in [0.25, 0.3) is 22.4 Å². The molecule has 9 nitrogen and oxygen atoms in total. The van der Waals surface area contributed by atoms with Gasteiger partial charge in [-0.2, -0.15) is 4.98 Å². The zero-order valence-electron chi connectivity index (χ0n) is 18.3. The molecule has 0 amide bonds. The van der Waals surface area contributed by atoms with Gasteiger partial charge in [-0.05, 0) is 55.9 Å². The molecule has 2 unspecified atom stereocenters. The SMILES string of the molecule is COCCNCc1nc(-c2cnc3[nH]ccc3c2N[C@H]2C3CC4CC2C[C@@](O)(C4)C3)no1. The number of aromatic nitrogens is 4. The fourth-order valence-corrected chi connectivity index (χ4v) is 6.52. The minimum Gasteiger partial charge on any atom is -0.390 e. The average Bonchev–Trinajstić information content (AvgIpc) is 3.42. The van der Waals surface area contributed by atoms with Gasteiger partial charge in [0, 0.05) is 37.5 Å². The lowest BCUT2D eigenvalue weighted by atomic mass is 9.52. The van der Waals surface area contributed by atoms with Gasteiger partial charge < -0.3 is 30.0 Å². The normalized spacial score (nSPS) is 30.9. The highest BCUT2D eigenvalue weighted by Crippen LogP contribution is 2.56. The minimum atomic E-state index is -0.447. The van der Waals surface area contributed by atoms with Crippen molar-refractivity contribution in [3.8, 4) is 11.4 Å². The minimum absolute atomic E-state index is 0.341.